The second-order valence-electron chi connectivity index (χ2n) is 3.01. The summed E-state index contributed by atoms with van der Waals surface area (Å²) in [7, 11) is 0. The molecule has 0 radical (unpaired) electrons. The van der Waals surface area contributed by atoms with Crippen LogP contribution in [0.3, 0.4) is 0 Å². The number of amides is 2. The predicted molar refractivity (Wildman–Crippen MR) is 63.7 cm³/mol. The lowest BCUT2D eigenvalue weighted by Crippen LogP contribution is -2.33. The lowest BCUT2D eigenvalue weighted by atomic mass is 10.1. The fourth-order valence-electron chi connectivity index (χ4n) is 0.945. The van der Waals surface area contributed by atoms with Crippen LogP contribution in [0.2, 0.25) is 0 Å². The Morgan fingerprint density at radius 3 is 2.38 bits per heavy atom. The summed E-state index contributed by atoms with van der Waals surface area (Å²) >= 11 is 3.31. The van der Waals surface area contributed by atoms with Gasteiger partial charge in [0.05, 0.1) is 5.71 Å². The zero-order valence-electron chi connectivity index (χ0n) is 8.53. The number of benzene rings is 1. The molecule has 0 spiro atoms. The monoisotopic (exact) mass is 283 g/mol. The highest BCUT2D eigenvalue weighted by Crippen LogP contribution is 2.10. The van der Waals surface area contributed by atoms with Gasteiger partial charge in [-0.25, -0.2) is 5.43 Å². The van der Waals surface area contributed by atoms with Crippen LogP contribution in [0.15, 0.2) is 33.8 Å². The molecule has 0 saturated carbocycles. The van der Waals surface area contributed by atoms with Crippen molar-refractivity contribution in [3.63, 3.8) is 0 Å². The van der Waals surface area contributed by atoms with Gasteiger partial charge in [0.15, 0.2) is 0 Å². The number of carbonyl (C=O) groups excluding carboxylic acids is 2. The van der Waals surface area contributed by atoms with Gasteiger partial charge in [-0.2, -0.15) is 5.10 Å². The maximum Gasteiger partial charge on any atom is 0.329 e. The Morgan fingerprint density at radius 1 is 1.31 bits per heavy atom. The first kappa shape index (κ1) is 12.4. The SMILES string of the molecule is CC(=NNC(=O)C(N)=O)c1ccc(Br)cc1. The van der Waals surface area contributed by atoms with Crippen LogP contribution < -0.4 is 11.2 Å². The van der Waals surface area contributed by atoms with Crippen molar-refractivity contribution in [3.8, 4) is 0 Å². The van der Waals surface area contributed by atoms with Gasteiger partial charge in [0, 0.05) is 4.47 Å². The van der Waals surface area contributed by atoms with E-state index in [0.717, 1.165) is 10.0 Å². The molecule has 0 aliphatic carbocycles. The topological polar surface area (TPSA) is 84.6 Å². The third-order valence-electron chi connectivity index (χ3n) is 1.81. The summed E-state index contributed by atoms with van der Waals surface area (Å²) in [5, 5.41) is 3.75. The van der Waals surface area contributed by atoms with Crippen molar-refractivity contribution < 1.29 is 9.59 Å². The van der Waals surface area contributed by atoms with E-state index < -0.39 is 11.8 Å². The van der Waals surface area contributed by atoms with Crippen molar-refractivity contribution in [1.29, 1.82) is 0 Å². The van der Waals surface area contributed by atoms with Gasteiger partial charge in [-0.15, -0.1) is 0 Å². The number of hydrogen-bond acceptors (Lipinski definition) is 3. The molecule has 84 valence electrons. The smallest absolute Gasteiger partial charge is 0.329 e. The van der Waals surface area contributed by atoms with E-state index in [4.69, 9.17) is 5.73 Å². The number of primary amides is 1. The van der Waals surface area contributed by atoms with E-state index in [1.807, 2.05) is 24.3 Å². The maximum atomic E-state index is 10.8. The fraction of sp³-hybridized carbons (Fsp3) is 0.100. The van der Waals surface area contributed by atoms with Gasteiger partial charge in [0.25, 0.3) is 0 Å². The van der Waals surface area contributed by atoms with Crippen molar-refractivity contribution in [3.05, 3.63) is 34.3 Å². The van der Waals surface area contributed by atoms with Gasteiger partial charge in [-0.05, 0) is 24.6 Å². The summed E-state index contributed by atoms with van der Waals surface area (Å²) in [5.41, 5.74) is 8.24. The zero-order chi connectivity index (χ0) is 12.1. The molecule has 2 amide bonds. The van der Waals surface area contributed by atoms with E-state index in [1.165, 1.54) is 0 Å². The Labute approximate surface area is 101 Å². The molecule has 0 saturated heterocycles. The van der Waals surface area contributed by atoms with Crippen LogP contribution in [0.4, 0.5) is 0 Å². The number of nitrogens with two attached hydrogens (primary N) is 1. The molecule has 5 nitrogen and oxygen atoms in total. The summed E-state index contributed by atoms with van der Waals surface area (Å²) in [4.78, 5) is 21.3. The Kier molecular flexibility index (Phi) is 4.19. The third-order valence-corrected chi connectivity index (χ3v) is 2.34. The van der Waals surface area contributed by atoms with Crippen LogP contribution in [0.1, 0.15) is 12.5 Å². The fourth-order valence-corrected chi connectivity index (χ4v) is 1.21. The summed E-state index contributed by atoms with van der Waals surface area (Å²) in [6.07, 6.45) is 0. The predicted octanol–water partition coefficient (Wildman–Crippen LogP) is 0.775. The molecule has 0 aliphatic rings. The van der Waals surface area contributed by atoms with Crippen molar-refractivity contribution in [2.45, 2.75) is 6.92 Å². The van der Waals surface area contributed by atoms with Crippen molar-refractivity contribution >= 4 is 33.5 Å². The molecule has 0 heterocycles. The molecule has 0 atom stereocenters. The number of hydrazone groups is 1. The molecular weight excluding hydrogens is 274 g/mol. The van der Waals surface area contributed by atoms with Crippen LogP contribution in [-0.2, 0) is 9.59 Å². The van der Waals surface area contributed by atoms with Crippen molar-refractivity contribution in [2.75, 3.05) is 0 Å². The highest BCUT2D eigenvalue weighted by atomic mass is 79.9. The van der Waals surface area contributed by atoms with Gasteiger partial charge in [-0.1, -0.05) is 28.1 Å². The summed E-state index contributed by atoms with van der Waals surface area (Å²) < 4.78 is 0.949. The van der Waals surface area contributed by atoms with Crippen molar-refractivity contribution in [2.24, 2.45) is 10.8 Å². The standard InChI is InChI=1S/C10H10BrN3O2/c1-6(13-14-10(16)9(12)15)7-2-4-8(11)5-3-7/h2-5H,1H3,(H2,12,15)(H,14,16). The molecule has 3 N–H and O–H groups in total. The first-order valence-corrected chi connectivity index (χ1v) is 5.20. The Hall–Kier alpha value is -1.69. The first-order chi connectivity index (χ1) is 7.50. The minimum atomic E-state index is -1.06. The average Bonchev–Trinajstić information content (AvgIpc) is 2.26. The van der Waals surface area contributed by atoms with E-state index in [9.17, 15) is 9.59 Å². The third kappa shape index (κ3) is 3.47. The normalized spacial score (nSPS) is 11.0. The molecule has 6 heteroatoms. The number of rotatable bonds is 2. The lowest BCUT2D eigenvalue weighted by molar-refractivity contribution is -0.137. The summed E-state index contributed by atoms with van der Waals surface area (Å²) in [6, 6.07) is 7.37. The molecule has 0 unspecified atom stereocenters. The van der Waals surface area contributed by atoms with Gasteiger partial charge >= 0.3 is 11.8 Å². The first-order valence-electron chi connectivity index (χ1n) is 4.40. The van der Waals surface area contributed by atoms with E-state index in [2.05, 4.69) is 26.5 Å². The molecule has 0 fully saturated rings. The van der Waals surface area contributed by atoms with E-state index in [1.54, 1.807) is 6.92 Å². The van der Waals surface area contributed by atoms with Crippen LogP contribution in [0, 0.1) is 0 Å². The largest absolute Gasteiger partial charge is 0.361 e. The molecule has 0 aromatic heterocycles. The quantitative estimate of drug-likeness (QED) is 0.477. The number of halogens is 1. The Bertz CT molecular complexity index is 440. The van der Waals surface area contributed by atoms with E-state index in [0.29, 0.717) is 5.71 Å². The molecule has 0 aliphatic heterocycles. The Balaban J connectivity index is 2.74. The average molecular weight is 284 g/mol. The van der Waals surface area contributed by atoms with Crippen LogP contribution in [0.25, 0.3) is 0 Å². The number of nitrogens with zero attached hydrogens (tertiary/aromatic N) is 1. The molecule has 16 heavy (non-hydrogen) atoms. The second kappa shape index (κ2) is 5.41. The molecular formula is C10H10BrN3O2. The Morgan fingerprint density at radius 2 is 1.88 bits per heavy atom. The van der Waals surface area contributed by atoms with Gasteiger partial charge in [0.2, 0.25) is 0 Å². The highest BCUT2D eigenvalue weighted by molar-refractivity contribution is 9.10. The number of carbonyl (C=O) groups is 2. The minimum Gasteiger partial charge on any atom is -0.361 e. The van der Waals surface area contributed by atoms with Crippen LogP contribution >= 0.6 is 15.9 Å². The zero-order valence-corrected chi connectivity index (χ0v) is 10.1. The van der Waals surface area contributed by atoms with Crippen molar-refractivity contribution in [1.82, 2.24) is 5.43 Å². The minimum absolute atomic E-state index is 0.585. The van der Waals surface area contributed by atoms with E-state index >= 15 is 0 Å². The van der Waals surface area contributed by atoms with Gasteiger partial charge in [0.1, 0.15) is 0 Å². The molecule has 1 aromatic carbocycles. The summed E-state index contributed by atoms with van der Waals surface area (Å²) in [5.74, 6) is -2.00. The van der Waals surface area contributed by atoms with E-state index in [-0.39, 0.29) is 0 Å². The maximum absolute atomic E-state index is 10.8. The van der Waals surface area contributed by atoms with Gasteiger partial charge < -0.3 is 5.73 Å². The van der Waals surface area contributed by atoms with Crippen LogP contribution in [-0.4, -0.2) is 17.5 Å². The molecule has 0 bridgehead atoms. The second-order valence-corrected chi connectivity index (χ2v) is 3.92. The summed E-state index contributed by atoms with van der Waals surface area (Å²) in [6.45, 7) is 1.71. The lowest BCUT2D eigenvalue weighted by Gasteiger charge is -2.01. The van der Waals surface area contributed by atoms with Gasteiger partial charge in [-0.3, -0.25) is 9.59 Å². The number of nitrogens with one attached hydrogen (secondary N) is 1. The molecule has 1 aromatic rings. The van der Waals surface area contributed by atoms with Crippen LogP contribution in [0.5, 0.6) is 0 Å². The molecule has 1 rings (SSSR count). The number of hydrogen-bond donors (Lipinski definition) is 2. The highest BCUT2D eigenvalue weighted by Gasteiger charge is 2.06.